The molecule has 0 fully saturated rings. The highest BCUT2D eigenvalue weighted by Gasteiger charge is 2.39. The maximum Gasteiger partial charge on any atom is 0.267 e. The lowest BCUT2D eigenvalue weighted by molar-refractivity contribution is 0.150. The van der Waals surface area contributed by atoms with E-state index in [1.54, 1.807) is 0 Å². The zero-order valence-electron chi connectivity index (χ0n) is 15.4. The normalized spacial score (nSPS) is 14.1. The summed E-state index contributed by atoms with van der Waals surface area (Å²) in [6, 6.07) is 1.19. The summed E-state index contributed by atoms with van der Waals surface area (Å²) >= 11 is 0. The second-order valence-electron chi connectivity index (χ2n) is 7.56. The number of pyridine rings is 1. The molecular formula is C16H25F2N5OSi. The van der Waals surface area contributed by atoms with E-state index >= 15 is 0 Å². The number of nitrogens with two attached hydrogens (primary N) is 1. The van der Waals surface area contributed by atoms with E-state index in [0.29, 0.717) is 5.69 Å². The van der Waals surface area contributed by atoms with Crippen LogP contribution in [0.3, 0.4) is 0 Å². The molecule has 0 aromatic carbocycles. The van der Waals surface area contributed by atoms with E-state index in [2.05, 4.69) is 49.0 Å². The Bertz CT molecular complexity index is 742. The van der Waals surface area contributed by atoms with Crippen LogP contribution in [0, 0.1) is 0 Å². The topological polar surface area (TPSA) is 78.8 Å². The minimum atomic E-state index is -2.72. The largest absolute Gasteiger partial charge is 0.409 e. The van der Waals surface area contributed by atoms with Crippen molar-refractivity contribution in [2.45, 2.75) is 58.4 Å². The Morgan fingerprint density at radius 1 is 1.24 bits per heavy atom. The Kier molecular flexibility index (Phi) is 5.29. The van der Waals surface area contributed by atoms with Gasteiger partial charge in [-0.3, -0.25) is 0 Å². The lowest BCUT2D eigenvalue weighted by atomic mass is 10.2. The highest BCUT2D eigenvalue weighted by molar-refractivity contribution is 6.74. The van der Waals surface area contributed by atoms with E-state index in [1.807, 2.05) is 6.92 Å². The Morgan fingerprint density at radius 2 is 1.88 bits per heavy atom. The molecule has 0 aliphatic carbocycles. The van der Waals surface area contributed by atoms with Crippen LogP contribution in [0.5, 0.6) is 0 Å². The van der Waals surface area contributed by atoms with Crippen molar-refractivity contribution in [3.05, 3.63) is 29.7 Å². The molecule has 2 aromatic rings. The van der Waals surface area contributed by atoms with Gasteiger partial charge in [0.05, 0.1) is 29.7 Å². The van der Waals surface area contributed by atoms with Crippen LogP contribution < -0.4 is 5.73 Å². The molecule has 9 heteroatoms. The highest BCUT2D eigenvalue weighted by atomic mass is 28.4. The van der Waals surface area contributed by atoms with Gasteiger partial charge in [0.15, 0.2) is 14.1 Å². The average Bonchev–Trinajstić information content (AvgIpc) is 2.95. The molecule has 2 rings (SSSR count). The van der Waals surface area contributed by atoms with Gasteiger partial charge < -0.3 is 10.2 Å². The molecular weight excluding hydrogens is 344 g/mol. The standard InChI is InChI=1S/C16H25F2N5OSi/c1-10(24-25(5,6)16(2,3)4)13-9-21-23(22-13)15-12(14(17)18)7-11(19)8-20-15/h7-10,14H,19H2,1-6H3. The molecule has 0 bridgehead atoms. The number of hydrogen-bond acceptors (Lipinski definition) is 5. The number of rotatable bonds is 5. The van der Waals surface area contributed by atoms with Crippen LogP contribution in [0.1, 0.15) is 51.5 Å². The van der Waals surface area contributed by atoms with Crippen LogP contribution in [0.4, 0.5) is 14.5 Å². The van der Waals surface area contributed by atoms with Crippen molar-refractivity contribution in [3.63, 3.8) is 0 Å². The maximum atomic E-state index is 13.2. The van der Waals surface area contributed by atoms with Crippen molar-refractivity contribution in [2.24, 2.45) is 0 Å². The van der Waals surface area contributed by atoms with Gasteiger partial charge in [-0.15, -0.1) is 9.90 Å². The van der Waals surface area contributed by atoms with Crippen LogP contribution in [-0.4, -0.2) is 28.3 Å². The SMILES string of the molecule is CC(O[Si](C)(C)C(C)(C)C)c1cnn(-c2ncc(N)cc2C(F)F)n1. The quantitative estimate of drug-likeness (QED) is 0.797. The third kappa shape index (κ3) is 4.21. The summed E-state index contributed by atoms with van der Waals surface area (Å²) in [6.07, 6.45) is -0.190. The minimum Gasteiger partial charge on any atom is -0.409 e. The monoisotopic (exact) mass is 369 g/mol. The molecule has 0 aliphatic heterocycles. The molecule has 0 saturated carbocycles. The molecule has 1 atom stereocenters. The fourth-order valence-electron chi connectivity index (χ4n) is 2.06. The summed E-state index contributed by atoms with van der Waals surface area (Å²) in [5.74, 6) is -0.0324. The molecule has 2 heterocycles. The van der Waals surface area contributed by atoms with E-state index in [1.165, 1.54) is 18.5 Å². The van der Waals surface area contributed by atoms with Crippen molar-refractivity contribution in [2.75, 3.05) is 5.73 Å². The smallest absolute Gasteiger partial charge is 0.267 e. The second-order valence-corrected chi connectivity index (χ2v) is 12.3. The third-order valence-corrected chi connectivity index (χ3v) is 9.10. The van der Waals surface area contributed by atoms with E-state index in [9.17, 15) is 8.78 Å². The number of nitrogens with zero attached hydrogens (tertiary/aromatic N) is 4. The van der Waals surface area contributed by atoms with Gasteiger partial charge in [0.2, 0.25) is 0 Å². The predicted molar refractivity (Wildman–Crippen MR) is 95.2 cm³/mol. The van der Waals surface area contributed by atoms with Crippen LogP contribution >= 0.6 is 0 Å². The highest BCUT2D eigenvalue weighted by Crippen LogP contribution is 2.39. The second kappa shape index (κ2) is 6.79. The zero-order chi connectivity index (χ0) is 19.0. The molecule has 138 valence electrons. The van der Waals surface area contributed by atoms with Crippen LogP contribution in [0.25, 0.3) is 5.82 Å². The Hall–Kier alpha value is -1.87. The van der Waals surface area contributed by atoms with Crippen LogP contribution in [-0.2, 0) is 4.43 Å². The van der Waals surface area contributed by atoms with Gasteiger partial charge in [-0.2, -0.15) is 5.10 Å². The molecule has 1 unspecified atom stereocenters. The minimum absolute atomic E-state index is 0.0324. The van der Waals surface area contributed by atoms with Gasteiger partial charge >= 0.3 is 0 Å². The number of hydrogen-bond donors (Lipinski definition) is 1. The number of nitrogen functional groups attached to an aromatic ring is 1. The summed E-state index contributed by atoms with van der Waals surface area (Å²) < 4.78 is 32.7. The molecule has 2 aromatic heterocycles. The average molecular weight is 369 g/mol. The maximum absolute atomic E-state index is 13.2. The van der Waals surface area contributed by atoms with Crippen molar-refractivity contribution < 1.29 is 13.2 Å². The van der Waals surface area contributed by atoms with Crippen LogP contribution in [0.15, 0.2) is 18.5 Å². The van der Waals surface area contributed by atoms with Crippen molar-refractivity contribution in [1.82, 2.24) is 20.0 Å². The fraction of sp³-hybridized carbons (Fsp3) is 0.562. The van der Waals surface area contributed by atoms with Gasteiger partial charge in [0.1, 0.15) is 5.69 Å². The summed E-state index contributed by atoms with van der Waals surface area (Å²) in [6.45, 7) is 12.6. The van der Waals surface area contributed by atoms with Gasteiger partial charge in [-0.25, -0.2) is 13.8 Å². The molecule has 6 nitrogen and oxygen atoms in total. The third-order valence-electron chi connectivity index (χ3n) is 4.54. The van der Waals surface area contributed by atoms with E-state index in [-0.39, 0.29) is 28.2 Å². The number of anilines is 1. The first kappa shape index (κ1) is 19.5. The lowest BCUT2D eigenvalue weighted by Crippen LogP contribution is -2.41. The van der Waals surface area contributed by atoms with Gasteiger partial charge in [0.25, 0.3) is 6.43 Å². The Balaban J connectivity index is 2.29. The first-order valence-electron chi connectivity index (χ1n) is 8.06. The fourth-order valence-corrected chi connectivity index (χ4v) is 3.42. The first-order chi connectivity index (χ1) is 11.4. The summed E-state index contributed by atoms with van der Waals surface area (Å²) in [5, 5.41) is 8.42. The van der Waals surface area contributed by atoms with Crippen molar-refractivity contribution in [1.29, 1.82) is 0 Å². The molecule has 0 amide bonds. The molecule has 0 radical (unpaired) electrons. The van der Waals surface area contributed by atoms with Gasteiger partial charge in [-0.1, -0.05) is 20.8 Å². The number of alkyl halides is 2. The molecule has 0 aliphatic rings. The van der Waals surface area contributed by atoms with Crippen molar-refractivity contribution in [3.8, 4) is 5.82 Å². The van der Waals surface area contributed by atoms with E-state index in [4.69, 9.17) is 10.2 Å². The molecule has 0 spiro atoms. The molecule has 0 saturated heterocycles. The van der Waals surface area contributed by atoms with Crippen LogP contribution in [0.2, 0.25) is 18.1 Å². The number of halogens is 2. The lowest BCUT2D eigenvalue weighted by Gasteiger charge is -2.38. The summed E-state index contributed by atoms with van der Waals surface area (Å²) in [4.78, 5) is 5.06. The van der Waals surface area contributed by atoms with Crippen molar-refractivity contribution >= 4 is 14.0 Å². The zero-order valence-corrected chi connectivity index (χ0v) is 16.4. The first-order valence-corrected chi connectivity index (χ1v) is 11.0. The van der Waals surface area contributed by atoms with E-state index in [0.717, 1.165) is 4.80 Å². The van der Waals surface area contributed by atoms with E-state index < -0.39 is 14.7 Å². The summed E-state index contributed by atoms with van der Waals surface area (Å²) in [5.41, 5.74) is 5.98. The summed E-state index contributed by atoms with van der Waals surface area (Å²) in [7, 11) is -1.99. The van der Waals surface area contributed by atoms with Gasteiger partial charge in [-0.05, 0) is 31.1 Å². The Morgan fingerprint density at radius 3 is 2.44 bits per heavy atom. The molecule has 2 N–H and O–H groups in total. The molecule has 25 heavy (non-hydrogen) atoms. The number of aromatic nitrogens is 4. The predicted octanol–water partition coefficient (Wildman–Crippen LogP) is 4.26. The van der Waals surface area contributed by atoms with Gasteiger partial charge in [0, 0.05) is 0 Å². The Labute approximate surface area is 147 Å².